The van der Waals surface area contributed by atoms with E-state index in [0.717, 1.165) is 11.6 Å². The molecule has 1 heterocycles. The van der Waals surface area contributed by atoms with Gasteiger partial charge in [0.1, 0.15) is 5.52 Å². The van der Waals surface area contributed by atoms with Crippen LogP contribution < -0.4 is 5.32 Å². The van der Waals surface area contributed by atoms with E-state index in [9.17, 15) is 19.5 Å². The molecule has 182 valence electrons. The zero-order valence-corrected chi connectivity index (χ0v) is 20.4. The minimum atomic E-state index is -1.31. The normalized spacial score (nSPS) is 10.9. The van der Waals surface area contributed by atoms with Gasteiger partial charge in [-0.15, -0.1) is 0 Å². The molecule has 0 fully saturated rings. The predicted molar refractivity (Wildman–Crippen MR) is 141 cm³/mol. The number of nitrogens with one attached hydrogen (secondary N) is 1. The Labute approximate surface area is 220 Å². The number of ketones is 1. The number of aromatic carboxylic acids is 1. The van der Waals surface area contributed by atoms with Crippen molar-refractivity contribution in [3.05, 3.63) is 117 Å². The van der Waals surface area contributed by atoms with Crippen LogP contribution in [0.15, 0.2) is 89.5 Å². The van der Waals surface area contributed by atoms with Crippen LogP contribution in [0.1, 0.15) is 36.6 Å². The molecule has 0 aliphatic heterocycles. The summed E-state index contributed by atoms with van der Waals surface area (Å²) in [4.78, 5) is 38.2. The first-order valence-electron chi connectivity index (χ1n) is 11.0. The van der Waals surface area contributed by atoms with E-state index in [2.05, 4.69) is 10.5 Å². The Morgan fingerprint density at radius 1 is 0.784 bits per heavy atom. The first-order valence-corrected chi connectivity index (χ1v) is 11.7. The third-order valence-electron chi connectivity index (χ3n) is 5.71. The van der Waals surface area contributed by atoms with Gasteiger partial charge >= 0.3 is 5.97 Å². The average molecular weight is 531 g/mol. The van der Waals surface area contributed by atoms with E-state index in [1.54, 1.807) is 36.4 Å². The Hall–Kier alpha value is -4.46. The summed E-state index contributed by atoms with van der Waals surface area (Å²) in [5, 5.41) is 16.8. The molecule has 0 aliphatic carbocycles. The van der Waals surface area contributed by atoms with Crippen molar-refractivity contribution in [3.8, 4) is 11.3 Å². The van der Waals surface area contributed by atoms with Gasteiger partial charge in [0.2, 0.25) is 0 Å². The van der Waals surface area contributed by atoms with Crippen molar-refractivity contribution >= 4 is 57.5 Å². The van der Waals surface area contributed by atoms with Crippen LogP contribution in [0.3, 0.4) is 0 Å². The number of halogens is 2. The van der Waals surface area contributed by atoms with Gasteiger partial charge in [-0.05, 0) is 24.3 Å². The number of anilines is 1. The van der Waals surface area contributed by atoms with Gasteiger partial charge in [0.05, 0.1) is 32.2 Å². The van der Waals surface area contributed by atoms with Gasteiger partial charge in [-0.1, -0.05) is 89.0 Å². The highest BCUT2D eigenvalue weighted by molar-refractivity contribution is 6.36. The van der Waals surface area contributed by atoms with Crippen molar-refractivity contribution < 1.29 is 24.0 Å². The molecule has 0 atom stereocenters. The number of carbonyl (C=O) groups excluding carboxylic acids is 2. The second kappa shape index (κ2) is 9.89. The summed E-state index contributed by atoms with van der Waals surface area (Å²) < 4.78 is 5.50. The highest BCUT2D eigenvalue weighted by atomic mass is 35.5. The van der Waals surface area contributed by atoms with E-state index in [0.29, 0.717) is 22.2 Å². The molecule has 9 heteroatoms. The quantitative estimate of drug-likeness (QED) is 0.229. The monoisotopic (exact) mass is 530 g/mol. The molecule has 0 saturated heterocycles. The maximum atomic E-state index is 13.3. The van der Waals surface area contributed by atoms with Gasteiger partial charge in [0.25, 0.3) is 5.91 Å². The van der Waals surface area contributed by atoms with Crippen LogP contribution in [0.4, 0.5) is 5.69 Å². The Kier molecular flexibility index (Phi) is 6.48. The second-order valence-corrected chi connectivity index (χ2v) is 8.87. The molecular formula is C28H16Cl2N2O5. The first kappa shape index (κ1) is 24.2. The third-order valence-corrected chi connectivity index (χ3v) is 6.34. The van der Waals surface area contributed by atoms with E-state index in [1.165, 1.54) is 12.1 Å². The lowest BCUT2D eigenvalue weighted by Gasteiger charge is -2.14. The fraction of sp³-hybridized carbons (Fsp3) is 0. The molecule has 37 heavy (non-hydrogen) atoms. The topological polar surface area (TPSA) is 110 Å². The number of hydrogen-bond donors (Lipinski definition) is 2. The SMILES string of the molecule is O=C(O)c1cc(NC(=O)c2cc3noc(-c4ccccc4)c3cc2Cl)c(C(=O)c2ccccc2)cc1Cl. The molecule has 0 spiro atoms. The maximum absolute atomic E-state index is 13.3. The fourth-order valence-electron chi connectivity index (χ4n) is 3.90. The maximum Gasteiger partial charge on any atom is 0.337 e. The number of rotatable bonds is 6. The molecule has 0 saturated carbocycles. The van der Waals surface area contributed by atoms with E-state index >= 15 is 0 Å². The van der Waals surface area contributed by atoms with Crippen LogP contribution >= 0.6 is 23.2 Å². The number of carboxylic acid groups (broad SMARTS) is 1. The smallest absolute Gasteiger partial charge is 0.337 e. The molecule has 7 nitrogen and oxygen atoms in total. The van der Waals surface area contributed by atoms with Crippen molar-refractivity contribution in [3.63, 3.8) is 0 Å². The standard InChI is InChI=1S/C28H16Cl2N2O5/c29-21-12-20-24(32-37-26(20)16-9-5-2-6-10-16)13-17(21)27(34)31-23-14-18(28(35)36)22(30)11-19(23)25(33)15-7-3-1-4-8-15/h1-14H,(H,31,34)(H,35,36). The number of benzene rings is 4. The lowest BCUT2D eigenvalue weighted by molar-refractivity contribution is 0.0696. The van der Waals surface area contributed by atoms with E-state index in [4.69, 9.17) is 27.7 Å². The summed E-state index contributed by atoms with van der Waals surface area (Å²) in [6.07, 6.45) is 0. The molecule has 2 N–H and O–H groups in total. The number of aromatic nitrogens is 1. The molecule has 5 rings (SSSR count). The van der Waals surface area contributed by atoms with Crippen molar-refractivity contribution in [2.24, 2.45) is 0 Å². The first-order chi connectivity index (χ1) is 17.8. The number of amides is 1. The fourth-order valence-corrected chi connectivity index (χ4v) is 4.39. The molecule has 0 aliphatic rings. The van der Waals surface area contributed by atoms with Gasteiger partial charge in [0.15, 0.2) is 11.5 Å². The minimum absolute atomic E-state index is 0.0260. The summed E-state index contributed by atoms with van der Waals surface area (Å²) in [5.41, 5.74) is 1.33. The van der Waals surface area contributed by atoms with Crippen molar-refractivity contribution in [2.75, 3.05) is 5.32 Å². The van der Waals surface area contributed by atoms with Crippen LogP contribution in [0.25, 0.3) is 22.2 Å². The molecule has 0 radical (unpaired) electrons. The minimum Gasteiger partial charge on any atom is -0.478 e. The zero-order chi connectivity index (χ0) is 26.1. The van der Waals surface area contributed by atoms with Crippen molar-refractivity contribution in [2.45, 2.75) is 0 Å². The van der Waals surface area contributed by atoms with Gasteiger partial charge in [-0.25, -0.2) is 4.79 Å². The van der Waals surface area contributed by atoms with Gasteiger partial charge in [0, 0.05) is 16.7 Å². The number of fused-ring (bicyclic) bond motifs is 1. The Morgan fingerprint density at radius 3 is 2.11 bits per heavy atom. The Bertz CT molecular complexity index is 1680. The van der Waals surface area contributed by atoms with Crippen LogP contribution in [0.2, 0.25) is 10.0 Å². The zero-order valence-electron chi connectivity index (χ0n) is 18.9. The lowest BCUT2D eigenvalue weighted by Crippen LogP contribution is -2.17. The van der Waals surface area contributed by atoms with Crippen molar-refractivity contribution in [1.29, 1.82) is 0 Å². The Morgan fingerprint density at radius 2 is 1.43 bits per heavy atom. The van der Waals surface area contributed by atoms with Crippen LogP contribution in [0, 0.1) is 0 Å². The molecule has 0 bridgehead atoms. The summed E-state index contributed by atoms with van der Waals surface area (Å²) >= 11 is 12.6. The van der Waals surface area contributed by atoms with Crippen molar-refractivity contribution in [1.82, 2.24) is 5.16 Å². The molecular weight excluding hydrogens is 515 g/mol. The Balaban J connectivity index is 1.55. The van der Waals surface area contributed by atoms with Gasteiger partial charge in [-0.2, -0.15) is 0 Å². The van der Waals surface area contributed by atoms with Crippen LogP contribution in [-0.4, -0.2) is 27.9 Å². The van der Waals surface area contributed by atoms with Crippen LogP contribution in [0.5, 0.6) is 0 Å². The summed E-state index contributed by atoms with van der Waals surface area (Å²) in [6, 6.07) is 23.1. The number of carbonyl (C=O) groups is 3. The number of hydrogen-bond acceptors (Lipinski definition) is 5. The summed E-state index contributed by atoms with van der Waals surface area (Å²) in [6.45, 7) is 0. The molecule has 4 aromatic carbocycles. The van der Waals surface area contributed by atoms with Gasteiger partial charge in [-0.3, -0.25) is 9.59 Å². The number of nitrogens with zero attached hydrogens (tertiary/aromatic N) is 1. The van der Waals surface area contributed by atoms with E-state index < -0.39 is 17.7 Å². The summed E-state index contributed by atoms with van der Waals surface area (Å²) in [7, 11) is 0. The molecule has 1 aromatic heterocycles. The van der Waals surface area contributed by atoms with Gasteiger partial charge < -0.3 is 14.9 Å². The second-order valence-electron chi connectivity index (χ2n) is 8.06. The highest BCUT2D eigenvalue weighted by Crippen LogP contribution is 2.33. The third kappa shape index (κ3) is 4.70. The average Bonchev–Trinajstić information content (AvgIpc) is 3.32. The largest absolute Gasteiger partial charge is 0.478 e. The van der Waals surface area contributed by atoms with E-state index in [1.807, 2.05) is 30.3 Å². The van der Waals surface area contributed by atoms with Crippen LogP contribution in [-0.2, 0) is 0 Å². The molecule has 0 unspecified atom stereocenters. The molecule has 5 aromatic rings. The lowest BCUT2D eigenvalue weighted by atomic mass is 9.99. The highest BCUT2D eigenvalue weighted by Gasteiger charge is 2.23. The summed E-state index contributed by atoms with van der Waals surface area (Å²) in [5.74, 6) is -1.92. The van der Waals surface area contributed by atoms with E-state index in [-0.39, 0.29) is 32.4 Å². The predicted octanol–water partition coefficient (Wildman–Crippen LogP) is 6.98. The molecule has 1 amide bonds. The number of carboxylic acids is 1.